The lowest BCUT2D eigenvalue weighted by Gasteiger charge is -2.24. The molecule has 2 aliphatic rings. The van der Waals surface area contributed by atoms with Gasteiger partial charge in [-0.15, -0.1) is 0 Å². The van der Waals surface area contributed by atoms with Crippen molar-refractivity contribution >= 4 is 0 Å². The van der Waals surface area contributed by atoms with Gasteiger partial charge < -0.3 is 5.11 Å². The molecule has 2 saturated heterocycles. The molecule has 19 heavy (non-hydrogen) atoms. The molecule has 3 nitrogen and oxygen atoms in total. The molecule has 1 aromatic rings. The minimum Gasteiger partial charge on any atom is -0.396 e. The molecule has 1 aromatic carbocycles. The van der Waals surface area contributed by atoms with E-state index in [9.17, 15) is 5.11 Å². The lowest BCUT2D eigenvalue weighted by Crippen LogP contribution is -2.36. The van der Waals surface area contributed by atoms with E-state index >= 15 is 0 Å². The van der Waals surface area contributed by atoms with E-state index in [0.29, 0.717) is 18.6 Å². The summed E-state index contributed by atoms with van der Waals surface area (Å²) < 4.78 is 0. The molecule has 1 N–H and O–H groups in total. The third kappa shape index (κ3) is 3.16. The SMILES string of the molecule is OCC1CCN(C2CCN(Cc3ccccc3)C2)C1. The standard InChI is InChI=1S/C16H24N2O/c19-13-15-6-9-18(11-15)16-7-8-17(12-16)10-14-4-2-1-3-5-14/h1-5,15-16,19H,6-13H2. The van der Waals surface area contributed by atoms with Crippen LogP contribution in [0.2, 0.25) is 0 Å². The van der Waals surface area contributed by atoms with Gasteiger partial charge in [0.2, 0.25) is 0 Å². The van der Waals surface area contributed by atoms with Crippen LogP contribution in [0.3, 0.4) is 0 Å². The normalized spacial score (nSPS) is 29.1. The first-order valence-electron chi connectivity index (χ1n) is 7.46. The van der Waals surface area contributed by atoms with E-state index in [1.807, 2.05) is 0 Å². The molecule has 0 amide bonds. The quantitative estimate of drug-likeness (QED) is 0.890. The van der Waals surface area contributed by atoms with E-state index < -0.39 is 0 Å². The Morgan fingerprint density at radius 1 is 1.05 bits per heavy atom. The van der Waals surface area contributed by atoms with Gasteiger partial charge in [0.15, 0.2) is 0 Å². The van der Waals surface area contributed by atoms with Crippen LogP contribution in [0.15, 0.2) is 30.3 Å². The highest BCUT2D eigenvalue weighted by Gasteiger charge is 2.32. The maximum absolute atomic E-state index is 9.24. The Hall–Kier alpha value is -0.900. The lowest BCUT2D eigenvalue weighted by molar-refractivity contribution is 0.194. The molecule has 2 fully saturated rings. The van der Waals surface area contributed by atoms with Crippen molar-refractivity contribution in [1.82, 2.24) is 9.80 Å². The van der Waals surface area contributed by atoms with Crippen LogP contribution in [0.4, 0.5) is 0 Å². The zero-order valence-corrected chi connectivity index (χ0v) is 11.5. The van der Waals surface area contributed by atoms with Gasteiger partial charge >= 0.3 is 0 Å². The fraction of sp³-hybridized carbons (Fsp3) is 0.625. The Morgan fingerprint density at radius 2 is 1.89 bits per heavy atom. The molecule has 2 atom stereocenters. The highest BCUT2D eigenvalue weighted by atomic mass is 16.3. The first-order chi connectivity index (χ1) is 9.35. The van der Waals surface area contributed by atoms with Gasteiger partial charge in [0.25, 0.3) is 0 Å². The molecule has 0 bridgehead atoms. The summed E-state index contributed by atoms with van der Waals surface area (Å²) in [7, 11) is 0. The fourth-order valence-electron chi connectivity index (χ4n) is 3.44. The third-order valence-electron chi connectivity index (χ3n) is 4.59. The first-order valence-corrected chi connectivity index (χ1v) is 7.46. The van der Waals surface area contributed by atoms with Crippen LogP contribution in [0.5, 0.6) is 0 Å². The monoisotopic (exact) mass is 260 g/mol. The zero-order valence-electron chi connectivity index (χ0n) is 11.5. The van der Waals surface area contributed by atoms with Crippen molar-refractivity contribution in [1.29, 1.82) is 0 Å². The molecule has 2 aliphatic heterocycles. The highest BCUT2D eigenvalue weighted by Crippen LogP contribution is 2.24. The van der Waals surface area contributed by atoms with Gasteiger partial charge in [0.05, 0.1) is 0 Å². The van der Waals surface area contributed by atoms with Gasteiger partial charge in [0.1, 0.15) is 0 Å². The van der Waals surface area contributed by atoms with Crippen molar-refractivity contribution in [2.75, 3.05) is 32.8 Å². The summed E-state index contributed by atoms with van der Waals surface area (Å²) in [5, 5.41) is 9.24. The molecular formula is C16H24N2O. The Morgan fingerprint density at radius 3 is 2.63 bits per heavy atom. The number of aliphatic hydroxyl groups is 1. The van der Waals surface area contributed by atoms with E-state index in [4.69, 9.17) is 0 Å². The highest BCUT2D eigenvalue weighted by molar-refractivity contribution is 5.14. The van der Waals surface area contributed by atoms with Gasteiger partial charge in [-0.05, 0) is 30.9 Å². The van der Waals surface area contributed by atoms with E-state index in [1.165, 1.54) is 38.0 Å². The second-order valence-electron chi connectivity index (χ2n) is 6.00. The van der Waals surface area contributed by atoms with E-state index in [0.717, 1.165) is 13.1 Å². The third-order valence-corrected chi connectivity index (χ3v) is 4.59. The largest absolute Gasteiger partial charge is 0.396 e. The van der Waals surface area contributed by atoms with Crippen molar-refractivity contribution in [3.05, 3.63) is 35.9 Å². The number of nitrogens with zero attached hydrogens (tertiary/aromatic N) is 2. The van der Waals surface area contributed by atoms with Gasteiger partial charge in [-0.3, -0.25) is 9.80 Å². The predicted octanol–water partition coefficient (Wildman–Crippen LogP) is 1.58. The minimum atomic E-state index is 0.358. The van der Waals surface area contributed by atoms with Gasteiger partial charge in [-0.1, -0.05) is 30.3 Å². The summed E-state index contributed by atoms with van der Waals surface area (Å²) in [4.78, 5) is 5.15. The van der Waals surface area contributed by atoms with Crippen LogP contribution in [-0.4, -0.2) is 53.7 Å². The number of hydrogen-bond acceptors (Lipinski definition) is 3. The van der Waals surface area contributed by atoms with E-state index in [2.05, 4.69) is 40.1 Å². The average molecular weight is 260 g/mol. The Kier molecular flexibility index (Phi) is 4.16. The first kappa shape index (κ1) is 13.1. The Balaban J connectivity index is 1.50. The molecule has 2 unspecified atom stereocenters. The second-order valence-corrected chi connectivity index (χ2v) is 6.00. The van der Waals surface area contributed by atoms with Crippen LogP contribution in [0.1, 0.15) is 18.4 Å². The van der Waals surface area contributed by atoms with Crippen molar-refractivity contribution in [2.45, 2.75) is 25.4 Å². The molecule has 3 heteroatoms. The second kappa shape index (κ2) is 6.04. The smallest absolute Gasteiger partial charge is 0.0471 e. The molecule has 2 heterocycles. The molecular weight excluding hydrogens is 236 g/mol. The maximum Gasteiger partial charge on any atom is 0.0471 e. The molecule has 0 aliphatic carbocycles. The van der Waals surface area contributed by atoms with Crippen molar-refractivity contribution in [3.63, 3.8) is 0 Å². The fourth-order valence-corrected chi connectivity index (χ4v) is 3.44. The summed E-state index contributed by atoms with van der Waals surface area (Å²) >= 11 is 0. The average Bonchev–Trinajstić information content (AvgIpc) is 3.08. The van der Waals surface area contributed by atoms with Gasteiger partial charge in [-0.2, -0.15) is 0 Å². The molecule has 104 valence electrons. The number of likely N-dealkylation sites (tertiary alicyclic amines) is 2. The minimum absolute atomic E-state index is 0.358. The number of benzene rings is 1. The summed E-state index contributed by atoms with van der Waals surface area (Å²) in [6.45, 7) is 6.11. The molecule has 0 spiro atoms. The van der Waals surface area contributed by atoms with Gasteiger partial charge in [-0.25, -0.2) is 0 Å². The summed E-state index contributed by atoms with van der Waals surface area (Å²) in [6.07, 6.45) is 2.46. The number of aliphatic hydroxyl groups excluding tert-OH is 1. The lowest BCUT2D eigenvalue weighted by atomic mass is 10.1. The van der Waals surface area contributed by atoms with Crippen molar-refractivity contribution in [3.8, 4) is 0 Å². The molecule has 0 radical (unpaired) electrons. The van der Waals surface area contributed by atoms with Crippen LogP contribution in [0.25, 0.3) is 0 Å². The van der Waals surface area contributed by atoms with Gasteiger partial charge in [0, 0.05) is 38.8 Å². The molecule has 3 rings (SSSR count). The Labute approximate surface area is 115 Å². The van der Waals surface area contributed by atoms with Crippen LogP contribution < -0.4 is 0 Å². The van der Waals surface area contributed by atoms with Crippen LogP contribution >= 0.6 is 0 Å². The topological polar surface area (TPSA) is 26.7 Å². The summed E-state index contributed by atoms with van der Waals surface area (Å²) in [5.74, 6) is 0.517. The Bertz CT molecular complexity index is 395. The maximum atomic E-state index is 9.24. The van der Waals surface area contributed by atoms with Crippen LogP contribution in [-0.2, 0) is 6.54 Å². The van der Waals surface area contributed by atoms with E-state index in [1.54, 1.807) is 0 Å². The number of rotatable bonds is 4. The van der Waals surface area contributed by atoms with Crippen molar-refractivity contribution in [2.24, 2.45) is 5.92 Å². The summed E-state index contributed by atoms with van der Waals surface area (Å²) in [5.41, 5.74) is 1.41. The summed E-state index contributed by atoms with van der Waals surface area (Å²) in [6, 6.07) is 11.5. The number of hydrogen-bond donors (Lipinski definition) is 1. The molecule has 0 aromatic heterocycles. The predicted molar refractivity (Wildman–Crippen MR) is 76.9 cm³/mol. The zero-order chi connectivity index (χ0) is 13.1. The van der Waals surface area contributed by atoms with E-state index in [-0.39, 0.29) is 0 Å². The molecule has 0 saturated carbocycles. The van der Waals surface area contributed by atoms with Crippen molar-refractivity contribution < 1.29 is 5.11 Å². The van der Waals surface area contributed by atoms with Crippen LogP contribution in [0, 0.1) is 5.92 Å².